The molecule has 1 heterocycles. The van der Waals surface area contributed by atoms with Gasteiger partial charge in [-0.25, -0.2) is 4.98 Å². The fraction of sp³-hybridized carbons (Fsp3) is 0.545. The van der Waals surface area contributed by atoms with Crippen LogP contribution in [0.4, 0.5) is 0 Å². The molecule has 0 unspecified atom stereocenters. The van der Waals surface area contributed by atoms with E-state index in [4.69, 9.17) is 11.6 Å². The third kappa shape index (κ3) is 3.89. The molecule has 0 aromatic carbocycles. The van der Waals surface area contributed by atoms with Crippen LogP contribution in [0.1, 0.15) is 25.8 Å². The van der Waals surface area contributed by atoms with E-state index in [1.165, 1.54) is 16.9 Å². The quantitative estimate of drug-likeness (QED) is 0.568. The predicted molar refractivity (Wildman–Crippen MR) is 64.2 cm³/mol. The van der Waals surface area contributed by atoms with Crippen LogP contribution in [0.25, 0.3) is 0 Å². The zero-order valence-electron chi connectivity index (χ0n) is 8.88. The lowest BCUT2D eigenvalue weighted by atomic mass is 10.2. The Bertz CT molecular complexity index is 299. The molecule has 0 saturated carbocycles. The number of hydrogen-bond donors (Lipinski definition) is 0. The molecule has 1 aromatic heterocycles. The van der Waals surface area contributed by atoms with Crippen LogP contribution in [-0.2, 0) is 0 Å². The minimum atomic E-state index is 0.586. The molecule has 0 spiro atoms. The summed E-state index contributed by atoms with van der Waals surface area (Å²) >= 11 is 7.70. The number of nitrogens with zero attached hydrogens (tertiary/aromatic N) is 1. The summed E-state index contributed by atoms with van der Waals surface area (Å²) in [7, 11) is 0. The predicted octanol–water partition coefficient (Wildman–Crippen LogP) is 4.18. The third-order valence-corrected chi connectivity index (χ3v) is 3.37. The Kier molecular flexibility index (Phi) is 4.76. The van der Waals surface area contributed by atoms with Gasteiger partial charge in [0.15, 0.2) is 0 Å². The molecule has 0 saturated heterocycles. The first-order valence-electron chi connectivity index (χ1n) is 4.84. The molecule has 0 bridgehead atoms. The molecule has 14 heavy (non-hydrogen) atoms. The largest absolute Gasteiger partial charge is 0.244 e. The Labute approximate surface area is 95.3 Å². The van der Waals surface area contributed by atoms with Crippen molar-refractivity contribution in [2.75, 3.05) is 5.75 Å². The van der Waals surface area contributed by atoms with Crippen molar-refractivity contribution in [1.29, 1.82) is 0 Å². The highest BCUT2D eigenvalue weighted by molar-refractivity contribution is 7.99. The summed E-state index contributed by atoms with van der Waals surface area (Å²) in [6.45, 7) is 6.56. The van der Waals surface area contributed by atoms with Crippen molar-refractivity contribution in [1.82, 2.24) is 4.98 Å². The molecular weight excluding hydrogens is 214 g/mol. The normalized spacial score (nSPS) is 10.9. The second kappa shape index (κ2) is 5.62. The minimum absolute atomic E-state index is 0.586. The van der Waals surface area contributed by atoms with E-state index < -0.39 is 0 Å². The van der Waals surface area contributed by atoms with E-state index in [0.29, 0.717) is 5.15 Å². The maximum atomic E-state index is 5.83. The second-order valence-electron chi connectivity index (χ2n) is 3.80. The number of thioether (sulfide) groups is 1. The summed E-state index contributed by atoms with van der Waals surface area (Å²) in [5.41, 5.74) is 1.21. The lowest BCUT2D eigenvalue weighted by molar-refractivity contribution is 0.632. The lowest BCUT2D eigenvalue weighted by Gasteiger charge is -2.06. The average Bonchev–Trinajstić information content (AvgIpc) is 2.10. The number of rotatable bonds is 4. The molecule has 0 aliphatic heterocycles. The standard InChI is InChI=1S/C11H16ClNS/c1-8(2)4-5-14-10-6-11(12)13-7-9(10)3/h6-8H,4-5H2,1-3H3. The van der Waals surface area contributed by atoms with Gasteiger partial charge in [-0.1, -0.05) is 25.4 Å². The summed E-state index contributed by atoms with van der Waals surface area (Å²) in [6.07, 6.45) is 3.07. The Morgan fingerprint density at radius 1 is 1.50 bits per heavy atom. The second-order valence-corrected chi connectivity index (χ2v) is 5.33. The van der Waals surface area contributed by atoms with Crippen molar-refractivity contribution in [3.8, 4) is 0 Å². The molecule has 0 amide bonds. The zero-order chi connectivity index (χ0) is 10.6. The number of pyridine rings is 1. The van der Waals surface area contributed by atoms with E-state index in [-0.39, 0.29) is 0 Å². The van der Waals surface area contributed by atoms with E-state index in [0.717, 1.165) is 11.7 Å². The molecule has 0 aliphatic carbocycles. The first-order valence-corrected chi connectivity index (χ1v) is 6.21. The maximum Gasteiger partial charge on any atom is 0.130 e. The molecule has 1 aromatic rings. The van der Waals surface area contributed by atoms with Gasteiger partial charge in [0.1, 0.15) is 5.15 Å². The Balaban J connectivity index is 2.53. The number of aryl methyl sites for hydroxylation is 1. The van der Waals surface area contributed by atoms with Crippen molar-refractivity contribution in [2.24, 2.45) is 5.92 Å². The summed E-state index contributed by atoms with van der Waals surface area (Å²) in [5.74, 6) is 1.92. The molecule has 0 N–H and O–H groups in total. The van der Waals surface area contributed by atoms with Crippen LogP contribution in [0.3, 0.4) is 0 Å². The topological polar surface area (TPSA) is 12.9 Å². The number of hydrogen-bond acceptors (Lipinski definition) is 2. The van der Waals surface area contributed by atoms with Crippen LogP contribution in [0, 0.1) is 12.8 Å². The Morgan fingerprint density at radius 2 is 2.21 bits per heavy atom. The van der Waals surface area contributed by atoms with Gasteiger partial charge in [-0.2, -0.15) is 0 Å². The minimum Gasteiger partial charge on any atom is -0.244 e. The molecule has 1 nitrogen and oxygen atoms in total. The van der Waals surface area contributed by atoms with Crippen LogP contribution >= 0.6 is 23.4 Å². The van der Waals surface area contributed by atoms with Crippen LogP contribution in [0.15, 0.2) is 17.2 Å². The van der Waals surface area contributed by atoms with E-state index in [2.05, 4.69) is 25.8 Å². The van der Waals surface area contributed by atoms with Gasteiger partial charge in [-0.3, -0.25) is 0 Å². The lowest BCUT2D eigenvalue weighted by Crippen LogP contribution is -1.90. The van der Waals surface area contributed by atoms with Gasteiger partial charge >= 0.3 is 0 Å². The average molecular weight is 230 g/mol. The van der Waals surface area contributed by atoms with Crippen LogP contribution < -0.4 is 0 Å². The van der Waals surface area contributed by atoms with Gasteiger partial charge in [0.2, 0.25) is 0 Å². The first kappa shape index (κ1) is 11.9. The zero-order valence-corrected chi connectivity index (χ0v) is 10.5. The van der Waals surface area contributed by atoms with Gasteiger partial charge < -0.3 is 0 Å². The molecule has 0 radical (unpaired) electrons. The summed E-state index contributed by atoms with van der Waals surface area (Å²) in [6, 6.07) is 1.95. The molecule has 0 atom stereocenters. The molecule has 0 fully saturated rings. The smallest absolute Gasteiger partial charge is 0.130 e. The van der Waals surface area contributed by atoms with E-state index >= 15 is 0 Å². The Hall–Kier alpha value is -0.210. The van der Waals surface area contributed by atoms with Crippen molar-refractivity contribution in [2.45, 2.75) is 32.1 Å². The summed E-state index contributed by atoms with van der Waals surface area (Å²) in [4.78, 5) is 5.29. The van der Waals surface area contributed by atoms with Gasteiger partial charge in [-0.15, -0.1) is 11.8 Å². The summed E-state index contributed by atoms with van der Waals surface area (Å²) < 4.78 is 0. The van der Waals surface area contributed by atoms with Crippen molar-refractivity contribution >= 4 is 23.4 Å². The SMILES string of the molecule is Cc1cnc(Cl)cc1SCCC(C)C. The van der Waals surface area contributed by atoms with Crippen LogP contribution in [0.5, 0.6) is 0 Å². The fourth-order valence-electron chi connectivity index (χ4n) is 1.04. The highest BCUT2D eigenvalue weighted by Crippen LogP contribution is 2.25. The van der Waals surface area contributed by atoms with Gasteiger partial charge in [0, 0.05) is 11.1 Å². The molecule has 3 heteroatoms. The highest BCUT2D eigenvalue weighted by Gasteiger charge is 2.02. The monoisotopic (exact) mass is 229 g/mol. The molecule has 78 valence electrons. The van der Waals surface area contributed by atoms with Gasteiger partial charge in [0.25, 0.3) is 0 Å². The molecule has 1 rings (SSSR count). The highest BCUT2D eigenvalue weighted by atomic mass is 35.5. The van der Waals surface area contributed by atoms with Crippen LogP contribution in [-0.4, -0.2) is 10.7 Å². The van der Waals surface area contributed by atoms with E-state index in [1.54, 1.807) is 0 Å². The maximum absolute atomic E-state index is 5.83. The van der Waals surface area contributed by atoms with Gasteiger partial charge in [0.05, 0.1) is 0 Å². The van der Waals surface area contributed by atoms with Gasteiger partial charge in [-0.05, 0) is 36.6 Å². The van der Waals surface area contributed by atoms with Crippen LogP contribution in [0.2, 0.25) is 5.15 Å². The molecule has 0 aliphatic rings. The van der Waals surface area contributed by atoms with Crippen molar-refractivity contribution < 1.29 is 0 Å². The number of halogens is 1. The fourth-order valence-corrected chi connectivity index (χ4v) is 2.55. The van der Waals surface area contributed by atoms with E-state index in [1.807, 2.05) is 24.0 Å². The molecular formula is C11H16ClNS. The Morgan fingerprint density at radius 3 is 2.86 bits per heavy atom. The third-order valence-electron chi connectivity index (χ3n) is 1.97. The first-order chi connectivity index (χ1) is 6.59. The van der Waals surface area contributed by atoms with Crippen molar-refractivity contribution in [3.63, 3.8) is 0 Å². The number of aromatic nitrogens is 1. The van der Waals surface area contributed by atoms with E-state index in [9.17, 15) is 0 Å². The van der Waals surface area contributed by atoms with Crippen molar-refractivity contribution in [3.05, 3.63) is 23.0 Å². The summed E-state index contributed by atoms with van der Waals surface area (Å²) in [5, 5.41) is 0.586.